The molecule has 0 aromatic carbocycles. The van der Waals surface area contributed by atoms with Crippen molar-refractivity contribution in [3.05, 3.63) is 17.6 Å². The van der Waals surface area contributed by atoms with Crippen LogP contribution in [0.25, 0.3) is 0 Å². The van der Waals surface area contributed by atoms with E-state index in [0.29, 0.717) is 5.88 Å². The summed E-state index contributed by atoms with van der Waals surface area (Å²) in [5, 5.41) is 3.35. The zero-order valence-electron chi connectivity index (χ0n) is 10.5. The average molecular weight is 242 g/mol. The van der Waals surface area contributed by atoms with Gasteiger partial charge in [-0.3, -0.25) is 4.98 Å². The molecule has 0 aliphatic carbocycles. The molecule has 0 saturated carbocycles. The highest BCUT2D eigenvalue weighted by molar-refractivity contribution is 6.17. The van der Waals surface area contributed by atoms with Gasteiger partial charge in [0.25, 0.3) is 0 Å². The van der Waals surface area contributed by atoms with Crippen molar-refractivity contribution in [2.24, 2.45) is 5.41 Å². The quantitative estimate of drug-likeness (QED) is 0.805. The van der Waals surface area contributed by atoms with Crippen LogP contribution in [-0.2, 0) is 0 Å². The minimum atomic E-state index is 0.180. The van der Waals surface area contributed by atoms with Gasteiger partial charge < -0.3 is 5.32 Å². The molecule has 4 heteroatoms. The van der Waals surface area contributed by atoms with Gasteiger partial charge in [-0.15, -0.1) is 11.6 Å². The summed E-state index contributed by atoms with van der Waals surface area (Å²) in [5.74, 6) is 1.57. The molecule has 16 heavy (non-hydrogen) atoms. The molecule has 0 spiro atoms. The first-order valence-electron chi connectivity index (χ1n) is 5.55. The molecule has 1 rings (SSSR count). The standard InChI is InChI=1S/C12H20ClN3/c1-9-7-14-10(2)11(16-9)15-8-12(3,4)5-6-13/h7H,5-6,8H2,1-4H3,(H,15,16). The molecule has 1 aromatic rings. The first-order valence-corrected chi connectivity index (χ1v) is 6.08. The third kappa shape index (κ3) is 3.97. The molecular weight excluding hydrogens is 222 g/mol. The molecule has 0 atom stereocenters. The SMILES string of the molecule is Cc1cnc(C)c(NCC(C)(C)CCCl)n1. The number of hydrogen-bond acceptors (Lipinski definition) is 3. The van der Waals surface area contributed by atoms with Gasteiger partial charge in [-0.05, 0) is 25.7 Å². The summed E-state index contributed by atoms with van der Waals surface area (Å²) < 4.78 is 0. The summed E-state index contributed by atoms with van der Waals surface area (Å²) in [6.07, 6.45) is 2.77. The highest BCUT2D eigenvalue weighted by Crippen LogP contribution is 2.21. The topological polar surface area (TPSA) is 37.8 Å². The highest BCUT2D eigenvalue weighted by atomic mass is 35.5. The number of aromatic nitrogens is 2. The first kappa shape index (κ1) is 13.2. The number of anilines is 1. The van der Waals surface area contributed by atoms with Crippen LogP contribution >= 0.6 is 11.6 Å². The van der Waals surface area contributed by atoms with Gasteiger partial charge in [0, 0.05) is 18.6 Å². The Morgan fingerprint density at radius 2 is 2.06 bits per heavy atom. The second-order valence-corrected chi connectivity index (χ2v) is 5.28. The van der Waals surface area contributed by atoms with Crippen molar-refractivity contribution in [2.45, 2.75) is 34.1 Å². The maximum atomic E-state index is 5.77. The minimum absolute atomic E-state index is 0.180. The van der Waals surface area contributed by atoms with Crippen LogP contribution in [0.15, 0.2) is 6.20 Å². The fourth-order valence-corrected chi connectivity index (χ4v) is 1.88. The number of nitrogens with zero attached hydrogens (tertiary/aromatic N) is 2. The number of rotatable bonds is 5. The second kappa shape index (κ2) is 5.48. The number of nitrogens with one attached hydrogen (secondary N) is 1. The summed E-state index contributed by atoms with van der Waals surface area (Å²) in [5.41, 5.74) is 2.05. The Kier molecular flexibility index (Phi) is 4.54. The van der Waals surface area contributed by atoms with Gasteiger partial charge in [-0.25, -0.2) is 4.98 Å². The Balaban J connectivity index is 2.63. The fraction of sp³-hybridized carbons (Fsp3) is 0.667. The zero-order chi connectivity index (χ0) is 12.2. The second-order valence-electron chi connectivity index (χ2n) is 4.90. The summed E-state index contributed by atoms with van der Waals surface area (Å²) in [6.45, 7) is 9.16. The van der Waals surface area contributed by atoms with E-state index in [0.717, 1.165) is 30.2 Å². The Hall–Kier alpha value is -0.830. The molecule has 0 aliphatic heterocycles. The van der Waals surface area contributed by atoms with Crippen molar-refractivity contribution in [1.82, 2.24) is 9.97 Å². The van der Waals surface area contributed by atoms with E-state index in [2.05, 4.69) is 29.1 Å². The molecule has 0 bridgehead atoms. The number of halogens is 1. The monoisotopic (exact) mass is 241 g/mol. The molecule has 0 saturated heterocycles. The molecule has 1 N–H and O–H groups in total. The van der Waals surface area contributed by atoms with E-state index in [1.165, 1.54) is 0 Å². The number of alkyl halides is 1. The Morgan fingerprint density at radius 1 is 1.38 bits per heavy atom. The fourth-order valence-electron chi connectivity index (χ4n) is 1.37. The smallest absolute Gasteiger partial charge is 0.147 e. The summed E-state index contributed by atoms with van der Waals surface area (Å²) in [4.78, 5) is 8.70. The summed E-state index contributed by atoms with van der Waals surface area (Å²) in [6, 6.07) is 0. The van der Waals surface area contributed by atoms with Crippen molar-refractivity contribution in [1.29, 1.82) is 0 Å². The van der Waals surface area contributed by atoms with Gasteiger partial charge in [0.05, 0.1) is 11.4 Å². The van der Waals surface area contributed by atoms with Crippen LogP contribution < -0.4 is 5.32 Å². The third-order valence-electron chi connectivity index (χ3n) is 2.58. The molecule has 0 amide bonds. The Morgan fingerprint density at radius 3 is 2.69 bits per heavy atom. The van der Waals surface area contributed by atoms with Crippen LogP contribution in [0.3, 0.4) is 0 Å². The molecule has 90 valence electrons. The predicted molar refractivity (Wildman–Crippen MR) is 69.1 cm³/mol. The van der Waals surface area contributed by atoms with Gasteiger partial charge in [-0.1, -0.05) is 13.8 Å². The predicted octanol–water partition coefficient (Wildman–Crippen LogP) is 3.16. The van der Waals surface area contributed by atoms with E-state index < -0.39 is 0 Å². The zero-order valence-corrected chi connectivity index (χ0v) is 11.2. The molecule has 0 unspecified atom stereocenters. The molecular formula is C12H20ClN3. The van der Waals surface area contributed by atoms with Gasteiger partial charge in [0.1, 0.15) is 5.82 Å². The van der Waals surface area contributed by atoms with E-state index >= 15 is 0 Å². The normalized spacial score (nSPS) is 11.6. The lowest BCUT2D eigenvalue weighted by Gasteiger charge is -2.24. The van der Waals surface area contributed by atoms with Crippen LogP contribution in [0.1, 0.15) is 31.7 Å². The van der Waals surface area contributed by atoms with Crippen molar-refractivity contribution in [3.8, 4) is 0 Å². The Labute approximate surface area is 103 Å². The lowest BCUT2D eigenvalue weighted by Crippen LogP contribution is -2.24. The van der Waals surface area contributed by atoms with E-state index in [9.17, 15) is 0 Å². The van der Waals surface area contributed by atoms with Crippen LogP contribution in [0.5, 0.6) is 0 Å². The van der Waals surface area contributed by atoms with Crippen molar-refractivity contribution in [2.75, 3.05) is 17.7 Å². The van der Waals surface area contributed by atoms with Gasteiger partial charge in [0.15, 0.2) is 0 Å². The molecule has 1 aromatic heterocycles. The summed E-state index contributed by atoms with van der Waals surface area (Å²) in [7, 11) is 0. The van der Waals surface area contributed by atoms with Crippen LogP contribution in [0.4, 0.5) is 5.82 Å². The van der Waals surface area contributed by atoms with E-state index in [1.54, 1.807) is 6.20 Å². The third-order valence-corrected chi connectivity index (χ3v) is 2.77. The van der Waals surface area contributed by atoms with Gasteiger partial charge >= 0.3 is 0 Å². The van der Waals surface area contributed by atoms with Crippen molar-refractivity contribution in [3.63, 3.8) is 0 Å². The number of aryl methyl sites for hydroxylation is 2. The highest BCUT2D eigenvalue weighted by Gasteiger charge is 2.17. The molecule has 0 aliphatic rings. The van der Waals surface area contributed by atoms with Gasteiger partial charge in [-0.2, -0.15) is 0 Å². The molecule has 0 radical (unpaired) electrons. The first-order chi connectivity index (χ1) is 7.44. The maximum absolute atomic E-state index is 5.77. The van der Waals surface area contributed by atoms with E-state index in [1.807, 2.05) is 13.8 Å². The van der Waals surface area contributed by atoms with E-state index in [-0.39, 0.29) is 5.41 Å². The maximum Gasteiger partial charge on any atom is 0.147 e. The molecule has 3 nitrogen and oxygen atoms in total. The van der Waals surface area contributed by atoms with Crippen LogP contribution in [-0.4, -0.2) is 22.4 Å². The lowest BCUT2D eigenvalue weighted by molar-refractivity contribution is 0.379. The molecule has 1 heterocycles. The van der Waals surface area contributed by atoms with Crippen LogP contribution in [0, 0.1) is 19.3 Å². The van der Waals surface area contributed by atoms with Crippen LogP contribution in [0.2, 0.25) is 0 Å². The lowest BCUT2D eigenvalue weighted by atomic mass is 9.90. The van der Waals surface area contributed by atoms with Crippen molar-refractivity contribution >= 4 is 17.4 Å². The van der Waals surface area contributed by atoms with Gasteiger partial charge in [0.2, 0.25) is 0 Å². The Bertz CT molecular complexity index is 350. The summed E-state index contributed by atoms with van der Waals surface area (Å²) >= 11 is 5.77. The molecule has 0 fully saturated rings. The van der Waals surface area contributed by atoms with Crippen molar-refractivity contribution < 1.29 is 0 Å². The largest absolute Gasteiger partial charge is 0.368 e. The minimum Gasteiger partial charge on any atom is -0.368 e. The van der Waals surface area contributed by atoms with E-state index in [4.69, 9.17) is 11.6 Å². The average Bonchev–Trinajstić information content (AvgIpc) is 2.19. The number of hydrogen-bond donors (Lipinski definition) is 1.